The molecule has 31 heavy (non-hydrogen) atoms. The van der Waals surface area contributed by atoms with Crippen molar-refractivity contribution in [1.29, 1.82) is 0 Å². The predicted molar refractivity (Wildman–Crippen MR) is 120 cm³/mol. The standard InChI is InChI=1S/C26H16N3O.Ir/c1-16-14-20-19-10-4-7-13-23(19)29-25(26(20)30-16)24(15-27-29)28-21-11-5-2-8-17(21)18-9-3-6-12-22(18)28;/h2-12,14-15H,1H3;/q-1;. The second-order valence-corrected chi connectivity index (χ2v) is 7.69. The molecule has 0 amide bonds. The Kier molecular flexibility index (Phi) is 3.88. The third-order valence-corrected chi connectivity index (χ3v) is 5.98. The number of pyridine rings is 1. The fourth-order valence-electron chi connectivity index (χ4n) is 4.78. The van der Waals surface area contributed by atoms with Crippen LogP contribution in [0.2, 0.25) is 0 Å². The molecular formula is C26H16IrN3O-. The van der Waals surface area contributed by atoms with Crippen molar-refractivity contribution >= 4 is 49.2 Å². The van der Waals surface area contributed by atoms with Gasteiger partial charge in [-0.25, -0.2) is 0 Å². The van der Waals surface area contributed by atoms with Gasteiger partial charge in [-0.2, -0.15) is 29.4 Å². The van der Waals surface area contributed by atoms with Crippen molar-refractivity contribution in [3.63, 3.8) is 0 Å². The molecule has 0 saturated heterocycles. The zero-order valence-electron chi connectivity index (χ0n) is 16.6. The van der Waals surface area contributed by atoms with E-state index in [1.54, 1.807) is 0 Å². The van der Waals surface area contributed by atoms with E-state index < -0.39 is 0 Å². The number of para-hydroxylation sites is 3. The summed E-state index contributed by atoms with van der Waals surface area (Å²) in [6.45, 7) is 1.99. The molecule has 0 bridgehead atoms. The molecule has 5 heteroatoms. The Morgan fingerprint density at radius 3 is 2.26 bits per heavy atom. The monoisotopic (exact) mass is 579 g/mol. The van der Waals surface area contributed by atoms with Crippen molar-refractivity contribution in [3.8, 4) is 5.69 Å². The van der Waals surface area contributed by atoms with Gasteiger partial charge in [-0.3, -0.25) is 4.52 Å². The quantitative estimate of drug-likeness (QED) is 0.210. The summed E-state index contributed by atoms with van der Waals surface area (Å²) in [5.41, 5.74) is 6.08. The first-order valence-electron chi connectivity index (χ1n) is 10.00. The van der Waals surface area contributed by atoms with Crippen LogP contribution >= 0.6 is 0 Å². The number of fused-ring (bicyclic) bond motifs is 9. The largest absolute Gasteiger partial charge is 0.460 e. The first-order valence-corrected chi connectivity index (χ1v) is 10.00. The molecule has 4 heterocycles. The average Bonchev–Trinajstić information content (AvgIpc) is 3.47. The van der Waals surface area contributed by atoms with Crippen molar-refractivity contribution in [1.82, 2.24) is 14.2 Å². The van der Waals surface area contributed by atoms with Crippen LogP contribution in [0.25, 0.3) is 54.9 Å². The fraction of sp³-hybridized carbons (Fsp3) is 0.0385. The van der Waals surface area contributed by atoms with Crippen molar-refractivity contribution in [2.75, 3.05) is 0 Å². The van der Waals surface area contributed by atoms with Crippen LogP contribution in [-0.4, -0.2) is 14.2 Å². The van der Waals surface area contributed by atoms with Gasteiger partial charge in [0.2, 0.25) is 0 Å². The summed E-state index contributed by atoms with van der Waals surface area (Å²) in [4.78, 5) is 0. The van der Waals surface area contributed by atoms with E-state index in [-0.39, 0.29) is 20.1 Å². The smallest absolute Gasteiger partial charge is 0.150 e. The Bertz CT molecular complexity index is 1720. The summed E-state index contributed by atoms with van der Waals surface area (Å²) >= 11 is 0. The van der Waals surface area contributed by atoms with Crippen molar-refractivity contribution in [2.45, 2.75) is 6.92 Å². The van der Waals surface area contributed by atoms with E-state index in [9.17, 15) is 0 Å². The maximum Gasteiger partial charge on any atom is 0.150 e. The van der Waals surface area contributed by atoms with E-state index in [0.717, 1.165) is 49.9 Å². The minimum absolute atomic E-state index is 0. The number of hydrogen-bond acceptors (Lipinski definition) is 2. The normalized spacial score (nSPS) is 11.8. The molecule has 3 aromatic carbocycles. The maximum absolute atomic E-state index is 6.22. The number of furan rings is 1. The number of aromatic nitrogens is 3. The van der Waals surface area contributed by atoms with Gasteiger partial charge in [-0.05, 0) is 36.0 Å². The topological polar surface area (TPSA) is 35.4 Å². The van der Waals surface area contributed by atoms with E-state index in [0.29, 0.717) is 0 Å². The molecule has 0 spiro atoms. The Hall–Kier alpha value is -3.40. The van der Waals surface area contributed by atoms with Crippen LogP contribution in [0.3, 0.4) is 0 Å². The average molecular weight is 579 g/mol. The summed E-state index contributed by atoms with van der Waals surface area (Å²) in [6, 6.07) is 28.5. The molecule has 0 saturated carbocycles. The zero-order chi connectivity index (χ0) is 19.8. The number of rotatable bonds is 1. The van der Waals surface area contributed by atoms with Gasteiger partial charge in [0.1, 0.15) is 11.3 Å². The molecule has 0 unspecified atom stereocenters. The number of aryl methyl sites for hydroxylation is 1. The van der Waals surface area contributed by atoms with E-state index in [1.165, 1.54) is 10.8 Å². The Morgan fingerprint density at radius 2 is 1.52 bits per heavy atom. The third-order valence-electron chi connectivity index (χ3n) is 5.98. The first-order chi connectivity index (χ1) is 14.8. The van der Waals surface area contributed by atoms with Gasteiger partial charge in [0.05, 0.1) is 22.9 Å². The molecule has 0 aliphatic heterocycles. The molecule has 0 aliphatic rings. The minimum atomic E-state index is 0. The van der Waals surface area contributed by atoms with E-state index >= 15 is 0 Å². The third kappa shape index (κ3) is 2.36. The summed E-state index contributed by atoms with van der Waals surface area (Å²) in [7, 11) is 0. The summed E-state index contributed by atoms with van der Waals surface area (Å²) < 4.78 is 10.5. The zero-order valence-corrected chi connectivity index (χ0v) is 19.0. The molecule has 0 aliphatic carbocycles. The molecule has 4 aromatic heterocycles. The van der Waals surface area contributed by atoms with E-state index in [4.69, 9.17) is 9.52 Å². The van der Waals surface area contributed by atoms with E-state index in [2.05, 4.69) is 71.3 Å². The predicted octanol–water partition coefficient (Wildman–Crippen LogP) is 6.44. The summed E-state index contributed by atoms with van der Waals surface area (Å²) in [5.74, 6) is 0.887. The molecular weight excluding hydrogens is 563 g/mol. The summed E-state index contributed by atoms with van der Waals surface area (Å²) in [5, 5.41) is 9.42. The van der Waals surface area contributed by atoms with Gasteiger partial charge < -0.3 is 8.98 Å². The van der Waals surface area contributed by atoms with Crippen molar-refractivity contribution in [3.05, 3.63) is 90.8 Å². The van der Waals surface area contributed by atoms with E-state index in [1.807, 2.05) is 29.8 Å². The van der Waals surface area contributed by atoms with Crippen LogP contribution in [0, 0.1) is 13.0 Å². The Labute approximate surface area is 191 Å². The van der Waals surface area contributed by atoms with Crippen LogP contribution in [0.5, 0.6) is 0 Å². The van der Waals surface area contributed by atoms with Crippen LogP contribution < -0.4 is 0 Å². The van der Waals surface area contributed by atoms with Gasteiger partial charge in [0.15, 0.2) is 5.58 Å². The van der Waals surface area contributed by atoms with Gasteiger partial charge >= 0.3 is 0 Å². The Morgan fingerprint density at radius 1 is 0.839 bits per heavy atom. The molecule has 0 N–H and O–H groups in total. The molecule has 4 nitrogen and oxygen atoms in total. The van der Waals surface area contributed by atoms with Crippen LogP contribution in [-0.2, 0) is 20.1 Å². The number of nitrogens with zero attached hydrogens (tertiary/aromatic N) is 3. The maximum atomic E-state index is 6.22. The van der Waals surface area contributed by atoms with Crippen molar-refractivity contribution < 1.29 is 24.5 Å². The molecule has 0 fully saturated rings. The summed E-state index contributed by atoms with van der Waals surface area (Å²) in [6.07, 6.45) is 1.94. The Balaban J connectivity index is 0.00000185. The van der Waals surface area contributed by atoms with Crippen LogP contribution in [0.15, 0.2) is 83.4 Å². The SMILES string of the molecule is Cc1cc2c3ccc[c-]c3n3ncc(-n4c5ccccc5c5ccccc54)c3c2o1.[Ir]. The molecule has 1 radical (unpaired) electrons. The molecule has 7 aromatic rings. The second-order valence-electron chi connectivity index (χ2n) is 7.69. The van der Waals surface area contributed by atoms with Crippen LogP contribution in [0.4, 0.5) is 0 Å². The minimum Gasteiger partial charge on any atom is -0.460 e. The van der Waals surface area contributed by atoms with Crippen LogP contribution in [0.1, 0.15) is 5.76 Å². The fourth-order valence-corrected chi connectivity index (χ4v) is 4.78. The second kappa shape index (κ2) is 6.55. The van der Waals surface area contributed by atoms with Gasteiger partial charge in [-0.1, -0.05) is 41.8 Å². The molecule has 151 valence electrons. The van der Waals surface area contributed by atoms with Crippen molar-refractivity contribution in [2.24, 2.45) is 0 Å². The van der Waals surface area contributed by atoms with Gasteiger partial charge in [0.25, 0.3) is 0 Å². The first kappa shape index (κ1) is 18.4. The van der Waals surface area contributed by atoms with Gasteiger partial charge in [0, 0.05) is 30.9 Å². The number of benzene rings is 3. The molecule has 0 atom stereocenters. The number of hydrogen-bond donors (Lipinski definition) is 0. The van der Waals surface area contributed by atoms with Gasteiger partial charge in [-0.15, -0.1) is 0 Å². The molecule has 7 rings (SSSR count).